The van der Waals surface area contributed by atoms with Crippen LogP contribution in [-0.4, -0.2) is 22.0 Å². The molecule has 0 saturated carbocycles. The average Bonchev–Trinajstić information content (AvgIpc) is 3.32. The van der Waals surface area contributed by atoms with Gasteiger partial charge in [0.05, 0.1) is 5.69 Å². The van der Waals surface area contributed by atoms with E-state index in [4.69, 9.17) is 0 Å². The molecule has 2 aromatic heterocycles. The molecule has 4 aromatic rings. The molecule has 30 heavy (non-hydrogen) atoms. The van der Waals surface area contributed by atoms with Gasteiger partial charge in [-0.3, -0.25) is 14.8 Å². The summed E-state index contributed by atoms with van der Waals surface area (Å²) in [5.74, 6) is -0.0171. The van der Waals surface area contributed by atoms with E-state index in [1.165, 1.54) is 0 Å². The van der Waals surface area contributed by atoms with Crippen molar-refractivity contribution in [2.45, 2.75) is 13.1 Å². The van der Waals surface area contributed by atoms with E-state index in [-0.39, 0.29) is 5.91 Å². The van der Waals surface area contributed by atoms with Crippen LogP contribution in [0.1, 0.15) is 26.4 Å². The minimum atomic E-state index is -0.0171. The Labute approximate surface area is 180 Å². The average molecular weight is 412 g/mol. The molecule has 0 N–H and O–H groups in total. The number of amides is 1. The minimum absolute atomic E-state index is 0.0171. The van der Waals surface area contributed by atoms with Gasteiger partial charge in [0.1, 0.15) is 0 Å². The van der Waals surface area contributed by atoms with Gasteiger partial charge in [0.15, 0.2) is 0 Å². The molecular weight excluding hydrogens is 390 g/mol. The number of thiophene rings is 1. The van der Waals surface area contributed by atoms with Crippen LogP contribution < -0.4 is 0 Å². The normalized spacial score (nSPS) is 10.9. The predicted octanol–water partition coefficient (Wildman–Crippen LogP) is 5.74. The Bertz CT molecular complexity index is 1050. The van der Waals surface area contributed by atoms with Crippen molar-refractivity contribution in [1.82, 2.24) is 9.88 Å². The van der Waals surface area contributed by atoms with Crippen LogP contribution in [0.25, 0.3) is 0 Å². The lowest BCUT2D eigenvalue weighted by Crippen LogP contribution is -2.30. The lowest BCUT2D eigenvalue weighted by molar-refractivity contribution is 0.0730. The number of pyridine rings is 1. The third-order valence-corrected chi connectivity index (χ3v) is 5.40. The first-order valence-corrected chi connectivity index (χ1v) is 10.6. The topological polar surface area (TPSA) is 45.6 Å². The van der Waals surface area contributed by atoms with Crippen molar-refractivity contribution in [2.75, 3.05) is 0 Å². The second kappa shape index (κ2) is 9.76. The van der Waals surface area contributed by atoms with Gasteiger partial charge in [0, 0.05) is 42.1 Å². The Morgan fingerprint density at radius 2 is 1.67 bits per heavy atom. The number of aliphatic imine (C=N–C) groups is 1. The highest BCUT2D eigenvalue weighted by molar-refractivity contribution is 7.11. The number of carbonyl (C=O) groups excluding carboxylic acids is 1. The van der Waals surface area contributed by atoms with Gasteiger partial charge in [0.25, 0.3) is 5.91 Å². The zero-order valence-electron chi connectivity index (χ0n) is 16.4. The van der Waals surface area contributed by atoms with Gasteiger partial charge < -0.3 is 4.90 Å². The van der Waals surface area contributed by atoms with Gasteiger partial charge in [-0.2, -0.15) is 0 Å². The first-order valence-electron chi connectivity index (χ1n) is 9.68. The molecule has 0 saturated heterocycles. The van der Waals surface area contributed by atoms with Crippen molar-refractivity contribution in [3.63, 3.8) is 0 Å². The first-order chi connectivity index (χ1) is 14.8. The van der Waals surface area contributed by atoms with E-state index >= 15 is 0 Å². The second-order valence-electron chi connectivity index (χ2n) is 6.83. The zero-order valence-corrected chi connectivity index (χ0v) is 17.2. The molecule has 0 aliphatic carbocycles. The number of benzene rings is 2. The van der Waals surface area contributed by atoms with E-state index in [2.05, 4.69) is 9.98 Å². The maximum atomic E-state index is 13.3. The van der Waals surface area contributed by atoms with Gasteiger partial charge in [-0.25, -0.2) is 0 Å². The van der Waals surface area contributed by atoms with Crippen molar-refractivity contribution >= 4 is 29.1 Å². The maximum Gasteiger partial charge on any atom is 0.254 e. The molecular formula is C25H21N3OS. The smallest absolute Gasteiger partial charge is 0.254 e. The van der Waals surface area contributed by atoms with Gasteiger partial charge >= 0.3 is 0 Å². The molecule has 0 aliphatic heterocycles. The third kappa shape index (κ3) is 5.27. The van der Waals surface area contributed by atoms with Gasteiger partial charge in [-0.05, 0) is 52.9 Å². The van der Waals surface area contributed by atoms with E-state index in [1.54, 1.807) is 23.7 Å². The minimum Gasteiger partial charge on any atom is -0.330 e. The van der Waals surface area contributed by atoms with E-state index < -0.39 is 0 Å². The van der Waals surface area contributed by atoms with Crippen LogP contribution in [0.3, 0.4) is 0 Å². The van der Waals surface area contributed by atoms with E-state index in [0.29, 0.717) is 18.7 Å². The zero-order chi connectivity index (χ0) is 20.6. The van der Waals surface area contributed by atoms with Gasteiger partial charge in [0.2, 0.25) is 0 Å². The Kier molecular flexibility index (Phi) is 6.42. The summed E-state index contributed by atoms with van der Waals surface area (Å²) in [7, 11) is 0. The van der Waals surface area contributed by atoms with Gasteiger partial charge in [-0.15, -0.1) is 11.3 Å². The number of rotatable bonds is 7. The van der Waals surface area contributed by atoms with Crippen molar-refractivity contribution < 1.29 is 4.79 Å². The number of carbonyl (C=O) groups is 1. The Balaban J connectivity index is 1.52. The predicted molar refractivity (Wildman–Crippen MR) is 122 cm³/mol. The fourth-order valence-electron chi connectivity index (χ4n) is 3.09. The van der Waals surface area contributed by atoms with E-state index in [0.717, 1.165) is 21.7 Å². The molecule has 0 spiro atoms. The van der Waals surface area contributed by atoms with Crippen LogP contribution in [-0.2, 0) is 13.1 Å². The summed E-state index contributed by atoms with van der Waals surface area (Å²) in [4.78, 5) is 24.9. The highest BCUT2D eigenvalue weighted by Crippen LogP contribution is 2.18. The van der Waals surface area contributed by atoms with Crippen molar-refractivity contribution in [2.24, 2.45) is 4.99 Å². The molecule has 148 valence electrons. The highest BCUT2D eigenvalue weighted by atomic mass is 32.1. The molecule has 4 nitrogen and oxygen atoms in total. The number of hydrogen-bond acceptors (Lipinski definition) is 4. The highest BCUT2D eigenvalue weighted by Gasteiger charge is 2.17. The van der Waals surface area contributed by atoms with Crippen molar-refractivity contribution in [1.29, 1.82) is 0 Å². The summed E-state index contributed by atoms with van der Waals surface area (Å²) in [6, 6.07) is 25.3. The van der Waals surface area contributed by atoms with E-state index in [1.807, 2.05) is 95.4 Å². The molecule has 0 fully saturated rings. The molecule has 0 bridgehead atoms. The van der Waals surface area contributed by atoms with Gasteiger partial charge in [-0.1, -0.05) is 42.5 Å². The van der Waals surface area contributed by atoms with Crippen LogP contribution in [0.2, 0.25) is 0 Å². The SMILES string of the molecule is O=C(c1ccc(N=Cc2cccs2)cc1)N(Cc1ccccc1)Cc1cccnc1. The third-order valence-electron chi connectivity index (χ3n) is 4.60. The van der Waals surface area contributed by atoms with Crippen molar-refractivity contribution in [3.05, 3.63) is 118 Å². The fourth-order valence-corrected chi connectivity index (χ4v) is 3.68. The quantitative estimate of drug-likeness (QED) is 0.364. The molecule has 5 heteroatoms. The van der Waals surface area contributed by atoms with Crippen LogP contribution in [0.15, 0.2) is 102 Å². The maximum absolute atomic E-state index is 13.3. The number of hydrogen-bond donors (Lipinski definition) is 0. The molecule has 1 amide bonds. The summed E-state index contributed by atoms with van der Waals surface area (Å²) < 4.78 is 0. The summed E-state index contributed by atoms with van der Waals surface area (Å²) in [5, 5.41) is 2.02. The lowest BCUT2D eigenvalue weighted by atomic mass is 10.1. The molecule has 0 unspecified atom stereocenters. The van der Waals surface area contributed by atoms with Crippen LogP contribution in [0, 0.1) is 0 Å². The second-order valence-corrected chi connectivity index (χ2v) is 7.81. The Hall–Kier alpha value is -3.57. The summed E-state index contributed by atoms with van der Waals surface area (Å²) in [6.45, 7) is 1.03. The summed E-state index contributed by atoms with van der Waals surface area (Å²) >= 11 is 1.64. The van der Waals surface area contributed by atoms with Crippen LogP contribution >= 0.6 is 11.3 Å². The Morgan fingerprint density at radius 3 is 2.37 bits per heavy atom. The van der Waals surface area contributed by atoms with Crippen molar-refractivity contribution in [3.8, 4) is 0 Å². The summed E-state index contributed by atoms with van der Waals surface area (Å²) in [5.41, 5.74) is 3.55. The largest absolute Gasteiger partial charge is 0.330 e. The number of aromatic nitrogens is 1. The van der Waals surface area contributed by atoms with Crippen LogP contribution in [0.5, 0.6) is 0 Å². The first kappa shape index (κ1) is 19.7. The number of nitrogens with zero attached hydrogens (tertiary/aromatic N) is 3. The molecule has 0 radical (unpaired) electrons. The standard InChI is InChI=1S/C25H21N3OS/c29-25(22-10-12-23(13-11-22)27-17-24-9-5-15-30-24)28(18-20-6-2-1-3-7-20)19-21-8-4-14-26-16-21/h1-17H,18-19H2. The molecule has 2 heterocycles. The molecule has 4 rings (SSSR count). The van der Waals surface area contributed by atoms with E-state index in [9.17, 15) is 4.79 Å². The fraction of sp³-hybridized carbons (Fsp3) is 0.0800. The lowest BCUT2D eigenvalue weighted by Gasteiger charge is -2.23. The molecule has 0 atom stereocenters. The van der Waals surface area contributed by atoms with Crippen LogP contribution in [0.4, 0.5) is 5.69 Å². The monoisotopic (exact) mass is 411 g/mol. The summed E-state index contributed by atoms with van der Waals surface area (Å²) in [6.07, 6.45) is 5.38. The molecule has 2 aromatic carbocycles. The molecule has 0 aliphatic rings. The Morgan fingerprint density at radius 1 is 0.900 bits per heavy atom.